The lowest BCUT2D eigenvalue weighted by Crippen LogP contribution is -2.37. The van der Waals surface area contributed by atoms with Crippen LogP contribution in [-0.2, 0) is 11.0 Å². The Morgan fingerprint density at radius 3 is 2.59 bits per heavy atom. The molecule has 0 spiro atoms. The van der Waals surface area contributed by atoms with Gasteiger partial charge in [0.1, 0.15) is 5.69 Å². The van der Waals surface area contributed by atoms with Gasteiger partial charge in [0.15, 0.2) is 5.69 Å². The molecular formula is C16H18F3N5O3. The molecule has 1 unspecified atom stereocenters. The minimum Gasteiger partial charge on any atom is -0.337 e. The summed E-state index contributed by atoms with van der Waals surface area (Å²) in [4.78, 5) is 38.7. The number of nitrogens with zero attached hydrogens (tertiary/aromatic N) is 4. The first-order valence-corrected chi connectivity index (χ1v) is 8.78. The van der Waals surface area contributed by atoms with Gasteiger partial charge in [0, 0.05) is 25.7 Å². The van der Waals surface area contributed by atoms with Gasteiger partial charge < -0.3 is 10.2 Å². The van der Waals surface area contributed by atoms with Crippen LogP contribution in [0.4, 0.5) is 18.0 Å². The van der Waals surface area contributed by atoms with E-state index in [1.165, 1.54) is 9.58 Å². The molecule has 11 heteroatoms. The number of nitrogens with one attached hydrogen (secondary N) is 1. The summed E-state index contributed by atoms with van der Waals surface area (Å²) >= 11 is 0. The maximum Gasteiger partial charge on any atom is 0.435 e. The highest BCUT2D eigenvalue weighted by Gasteiger charge is 2.41. The number of aromatic nitrogens is 2. The minimum absolute atomic E-state index is 0.0327. The molecule has 4 amide bonds. The van der Waals surface area contributed by atoms with E-state index in [-0.39, 0.29) is 43.2 Å². The van der Waals surface area contributed by atoms with Crippen LogP contribution >= 0.6 is 0 Å². The molecule has 8 nitrogen and oxygen atoms in total. The van der Waals surface area contributed by atoms with Crippen LogP contribution in [0, 0.1) is 5.92 Å². The van der Waals surface area contributed by atoms with Gasteiger partial charge in [-0.3, -0.25) is 19.2 Å². The first kappa shape index (κ1) is 17.8. The van der Waals surface area contributed by atoms with Gasteiger partial charge in [-0.2, -0.15) is 18.3 Å². The summed E-state index contributed by atoms with van der Waals surface area (Å²) in [5.41, 5.74) is -1.12. The Bertz CT molecular complexity index is 786. The molecule has 1 aliphatic carbocycles. The second-order valence-corrected chi connectivity index (χ2v) is 7.16. The summed E-state index contributed by atoms with van der Waals surface area (Å²) in [5, 5.41) is 6.03. The van der Waals surface area contributed by atoms with Gasteiger partial charge in [-0.05, 0) is 25.2 Å². The summed E-state index contributed by atoms with van der Waals surface area (Å²) in [6.45, 7) is 0.816. The summed E-state index contributed by atoms with van der Waals surface area (Å²) in [7, 11) is 0. The van der Waals surface area contributed by atoms with Crippen molar-refractivity contribution < 1.29 is 27.6 Å². The largest absolute Gasteiger partial charge is 0.435 e. The maximum atomic E-state index is 13.0. The highest BCUT2D eigenvalue weighted by molar-refractivity contribution is 6.02. The Morgan fingerprint density at radius 1 is 1.26 bits per heavy atom. The average Bonchev–Trinajstić information content (AvgIpc) is 3.04. The lowest BCUT2D eigenvalue weighted by molar-refractivity contribution is -0.141. The molecule has 146 valence electrons. The molecule has 1 N–H and O–H groups in total. The second-order valence-electron chi connectivity index (χ2n) is 7.16. The molecule has 1 saturated carbocycles. The van der Waals surface area contributed by atoms with Crippen molar-refractivity contribution >= 4 is 17.8 Å². The fourth-order valence-electron chi connectivity index (χ4n) is 3.52. The van der Waals surface area contributed by atoms with E-state index in [4.69, 9.17) is 0 Å². The molecule has 3 fully saturated rings. The number of amides is 4. The fraction of sp³-hybridized carbons (Fsp3) is 0.625. The van der Waals surface area contributed by atoms with Crippen LogP contribution in [0.25, 0.3) is 0 Å². The Hall–Kier alpha value is -2.59. The van der Waals surface area contributed by atoms with E-state index in [1.807, 2.05) is 0 Å². The molecule has 27 heavy (non-hydrogen) atoms. The maximum absolute atomic E-state index is 13.0. The fourth-order valence-corrected chi connectivity index (χ4v) is 3.52. The zero-order chi connectivity index (χ0) is 19.3. The monoisotopic (exact) mass is 385 g/mol. The number of carbonyl (C=O) groups excluding carboxylic acids is 3. The topological polar surface area (TPSA) is 87.5 Å². The number of hydrogen-bond acceptors (Lipinski definition) is 4. The third kappa shape index (κ3) is 3.37. The zero-order valence-electron chi connectivity index (χ0n) is 14.3. The van der Waals surface area contributed by atoms with Crippen LogP contribution in [0.1, 0.15) is 41.5 Å². The highest BCUT2D eigenvalue weighted by Crippen LogP contribution is 2.38. The molecule has 3 aliphatic rings. The average molecular weight is 385 g/mol. The quantitative estimate of drug-likeness (QED) is 0.791. The van der Waals surface area contributed by atoms with Gasteiger partial charge in [-0.1, -0.05) is 0 Å². The summed E-state index contributed by atoms with van der Waals surface area (Å²) in [6, 6.07) is 0.196. The van der Waals surface area contributed by atoms with E-state index in [9.17, 15) is 27.6 Å². The van der Waals surface area contributed by atoms with Crippen molar-refractivity contribution in [2.75, 3.05) is 26.2 Å². The van der Waals surface area contributed by atoms with Crippen molar-refractivity contribution in [1.82, 2.24) is 24.9 Å². The standard InChI is InChI=1S/C16H18F3N5O3/c17-16(18,19)12-5-11(24(21-12)10-1-2-10)14(26)22-4-3-9(7-22)8-23-13(25)6-20-15(23)27/h5,9-10H,1-4,6-8H2,(H,20,27). The molecular weight excluding hydrogens is 367 g/mol. The Morgan fingerprint density at radius 2 is 2.00 bits per heavy atom. The van der Waals surface area contributed by atoms with Crippen LogP contribution in [0.2, 0.25) is 0 Å². The lowest BCUT2D eigenvalue weighted by atomic mass is 10.1. The Kier molecular flexibility index (Phi) is 4.11. The van der Waals surface area contributed by atoms with Gasteiger partial charge in [0.25, 0.3) is 5.91 Å². The molecule has 0 radical (unpaired) electrons. The van der Waals surface area contributed by atoms with Crippen molar-refractivity contribution in [2.45, 2.75) is 31.5 Å². The predicted molar refractivity (Wildman–Crippen MR) is 84.6 cm³/mol. The third-order valence-corrected chi connectivity index (χ3v) is 5.09. The minimum atomic E-state index is -4.60. The summed E-state index contributed by atoms with van der Waals surface area (Å²) in [5.74, 6) is -0.905. The van der Waals surface area contributed by atoms with Crippen molar-refractivity contribution in [1.29, 1.82) is 0 Å². The van der Waals surface area contributed by atoms with Gasteiger partial charge >= 0.3 is 12.2 Å². The molecule has 2 saturated heterocycles. The number of rotatable bonds is 4. The third-order valence-electron chi connectivity index (χ3n) is 5.09. The van der Waals surface area contributed by atoms with Crippen molar-refractivity contribution in [3.63, 3.8) is 0 Å². The number of alkyl halides is 3. The smallest absolute Gasteiger partial charge is 0.337 e. The second kappa shape index (κ2) is 6.24. The molecule has 0 aromatic carbocycles. The first-order valence-electron chi connectivity index (χ1n) is 8.78. The van der Waals surface area contributed by atoms with Gasteiger partial charge in [-0.15, -0.1) is 0 Å². The van der Waals surface area contributed by atoms with Crippen LogP contribution in [-0.4, -0.2) is 63.6 Å². The van der Waals surface area contributed by atoms with E-state index in [0.717, 1.165) is 11.0 Å². The molecule has 1 aromatic heterocycles. The van der Waals surface area contributed by atoms with Gasteiger partial charge in [-0.25, -0.2) is 4.79 Å². The van der Waals surface area contributed by atoms with Crippen molar-refractivity contribution in [2.24, 2.45) is 5.92 Å². The van der Waals surface area contributed by atoms with E-state index in [0.29, 0.717) is 25.8 Å². The van der Waals surface area contributed by atoms with Gasteiger partial charge in [0.2, 0.25) is 5.91 Å². The van der Waals surface area contributed by atoms with E-state index >= 15 is 0 Å². The SMILES string of the molecule is O=C(c1cc(C(F)(F)F)nn1C1CC1)N1CCC(CN2C(=O)CNC2=O)C1. The molecule has 2 aliphatic heterocycles. The lowest BCUT2D eigenvalue weighted by Gasteiger charge is -2.19. The van der Waals surface area contributed by atoms with Crippen molar-refractivity contribution in [3.05, 3.63) is 17.5 Å². The van der Waals surface area contributed by atoms with E-state index < -0.39 is 23.8 Å². The van der Waals surface area contributed by atoms with Crippen LogP contribution in [0.5, 0.6) is 0 Å². The van der Waals surface area contributed by atoms with E-state index in [1.54, 1.807) is 0 Å². The zero-order valence-corrected chi connectivity index (χ0v) is 14.3. The number of urea groups is 1. The number of likely N-dealkylation sites (tertiary alicyclic amines) is 1. The van der Waals surface area contributed by atoms with Crippen LogP contribution < -0.4 is 5.32 Å². The molecule has 1 aromatic rings. The highest BCUT2D eigenvalue weighted by atomic mass is 19.4. The number of hydrogen-bond donors (Lipinski definition) is 1. The first-order chi connectivity index (χ1) is 12.7. The molecule has 1 atom stereocenters. The normalized spacial score (nSPS) is 23.3. The summed E-state index contributed by atoms with van der Waals surface area (Å²) in [6.07, 6.45) is -2.62. The number of carbonyl (C=O) groups is 3. The van der Waals surface area contributed by atoms with Crippen molar-refractivity contribution in [3.8, 4) is 0 Å². The molecule has 4 rings (SSSR count). The molecule has 0 bridgehead atoms. The predicted octanol–water partition coefficient (Wildman–Crippen LogP) is 1.25. The Labute approximate surface area is 152 Å². The number of halogens is 3. The Balaban J connectivity index is 1.47. The van der Waals surface area contributed by atoms with Gasteiger partial charge in [0.05, 0.1) is 12.6 Å². The van der Waals surface area contributed by atoms with E-state index in [2.05, 4.69) is 10.4 Å². The van der Waals surface area contributed by atoms with Crippen LogP contribution in [0.3, 0.4) is 0 Å². The van der Waals surface area contributed by atoms with Crippen LogP contribution in [0.15, 0.2) is 6.07 Å². The molecule has 3 heterocycles. The number of imide groups is 1. The summed E-state index contributed by atoms with van der Waals surface area (Å²) < 4.78 is 40.2.